The highest BCUT2D eigenvalue weighted by molar-refractivity contribution is 5.81. The molecule has 0 heterocycles. The van der Waals surface area contributed by atoms with Crippen LogP contribution in [0.3, 0.4) is 0 Å². The van der Waals surface area contributed by atoms with Gasteiger partial charge >= 0.3 is 0 Å². The third kappa shape index (κ3) is 5.61. The molecule has 5 aromatic carbocycles. The lowest BCUT2D eigenvalue weighted by molar-refractivity contribution is 0.439. The van der Waals surface area contributed by atoms with Crippen LogP contribution in [0.4, 0.5) is 34.1 Å². The van der Waals surface area contributed by atoms with E-state index in [1.54, 1.807) is 0 Å². The van der Waals surface area contributed by atoms with E-state index in [-0.39, 0.29) is 5.41 Å². The summed E-state index contributed by atoms with van der Waals surface area (Å²) in [5, 5.41) is 0. The van der Waals surface area contributed by atoms with Crippen molar-refractivity contribution >= 4 is 34.1 Å². The molecule has 0 radical (unpaired) electrons. The van der Waals surface area contributed by atoms with E-state index >= 15 is 0 Å². The van der Waals surface area contributed by atoms with Gasteiger partial charge in [-0.3, -0.25) is 0 Å². The van der Waals surface area contributed by atoms with Gasteiger partial charge in [-0.05, 0) is 104 Å². The molecular formula is C37H38N2. The molecule has 0 saturated heterocycles. The van der Waals surface area contributed by atoms with Crippen molar-refractivity contribution in [3.05, 3.63) is 145 Å². The molecule has 196 valence electrons. The van der Waals surface area contributed by atoms with Crippen LogP contribution in [-0.4, -0.2) is 0 Å². The summed E-state index contributed by atoms with van der Waals surface area (Å²) in [5.74, 6) is 0. The van der Waals surface area contributed by atoms with Gasteiger partial charge in [0.25, 0.3) is 0 Å². The predicted molar refractivity (Wildman–Crippen MR) is 168 cm³/mol. The van der Waals surface area contributed by atoms with E-state index in [0.717, 1.165) is 47.0 Å². The number of anilines is 6. The molecule has 2 nitrogen and oxygen atoms in total. The average Bonchev–Trinajstić information content (AvgIpc) is 3.00. The molecule has 0 spiro atoms. The first-order valence-electron chi connectivity index (χ1n) is 14.0. The van der Waals surface area contributed by atoms with Crippen molar-refractivity contribution in [3.63, 3.8) is 0 Å². The van der Waals surface area contributed by atoms with Crippen LogP contribution < -0.4 is 9.80 Å². The second-order valence-electron chi connectivity index (χ2n) is 10.5. The van der Waals surface area contributed by atoms with Crippen molar-refractivity contribution in [2.24, 2.45) is 0 Å². The topological polar surface area (TPSA) is 6.48 Å². The summed E-state index contributed by atoms with van der Waals surface area (Å²) in [6.07, 6.45) is 2.26. The summed E-state index contributed by atoms with van der Waals surface area (Å²) >= 11 is 0. The molecule has 0 aliphatic rings. The van der Waals surface area contributed by atoms with E-state index in [1.165, 1.54) is 11.1 Å². The average molecular weight is 511 g/mol. The van der Waals surface area contributed by atoms with Gasteiger partial charge in [0.15, 0.2) is 0 Å². The van der Waals surface area contributed by atoms with E-state index < -0.39 is 0 Å². The van der Waals surface area contributed by atoms with Gasteiger partial charge in [0.05, 0.1) is 0 Å². The zero-order chi connectivity index (χ0) is 27.2. The first kappa shape index (κ1) is 26.3. The second-order valence-corrected chi connectivity index (χ2v) is 10.5. The first-order valence-corrected chi connectivity index (χ1v) is 14.0. The van der Waals surface area contributed by atoms with Crippen molar-refractivity contribution in [2.45, 2.75) is 46.0 Å². The highest BCUT2D eigenvalue weighted by atomic mass is 15.2. The van der Waals surface area contributed by atoms with Crippen LogP contribution in [0.15, 0.2) is 133 Å². The molecule has 0 aliphatic carbocycles. The molecule has 0 bridgehead atoms. The summed E-state index contributed by atoms with van der Waals surface area (Å²) in [4.78, 5) is 4.64. The Morgan fingerprint density at radius 3 is 1.10 bits per heavy atom. The molecule has 39 heavy (non-hydrogen) atoms. The second kappa shape index (κ2) is 11.6. The standard InChI is InChI=1S/C37H38N2/c1-5-37(4,6-2)30-19-23-34(24-20-30)39(33-21-17-29(3)18-22-33)36-27-25-35(26-28-36)38(31-13-9-7-10-14-31)32-15-11-8-12-16-32/h7-28H,5-6H2,1-4H3. The summed E-state index contributed by atoms with van der Waals surface area (Å²) in [5.41, 5.74) is 9.69. The SMILES string of the molecule is CCC(C)(CC)c1ccc(N(c2ccc(C)cc2)c2ccc(N(c3ccccc3)c3ccccc3)cc2)cc1. The number of hydrogen-bond acceptors (Lipinski definition) is 2. The number of benzene rings is 5. The van der Waals surface area contributed by atoms with Gasteiger partial charge in [-0.25, -0.2) is 0 Å². The number of nitrogens with zero attached hydrogens (tertiary/aromatic N) is 2. The van der Waals surface area contributed by atoms with Gasteiger partial charge in [-0.15, -0.1) is 0 Å². The fraction of sp³-hybridized carbons (Fsp3) is 0.189. The van der Waals surface area contributed by atoms with Crippen LogP contribution in [0.2, 0.25) is 0 Å². The van der Waals surface area contributed by atoms with Crippen LogP contribution in [0.5, 0.6) is 0 Å². The first-order chi connectivity index (χ1) is 19.0. The maximum Gasteiger partial charge on any atom is 0.0463 e. The third-order valence-corrected chi connectivity index (χ3v) is 8.07. The van der Waals surface area contributed by atoms with Gasteiger partial charge in [-0.1, -0.05) is 87.0 Å². The van der Waals surface area contributed by atoms with Gasteiger partial charge in [0.2, 0.25) is 0 Å². The molecule has 0 unspecified atom stereocenters. The smallest absolute Gasteiger partial charge is 0.0463 e. The summed E-state index contributed by atoms with van der Waals surface area (Å²) < 4.78 is 0. The third-order valence-electron chi connectivity index (χ3n) is 8.07. The zero-order valence-electron chi connectivity index (χ0n) is 23.5. The number of hydrogen-bond donors (Lipinski definition) is 0. The maximum absolute atomic E-state index is 2.36. The minimum Gasteiger partial charge on any atom is -0.311 e. The van der Waals surface area contributed by atoms with Gasteiger partial charge < -0.3 is 9.80 Å². The fourth-order valence-electron chi connectivity index (χ4n) is 5.16. The Kier molecular flexibility index (Phi) is 7.84. The van der Waals surface area contributed by atoms with E-state index in [2.05, 4.69) is 171 Å². The molecule has 0 aromatic heterocycles. The van der Waals surface area contributed by atoms with Gasteiger partial charge in [0.1, 0.15) is 0 Å². The number of rotatable bonds is 9. The largest absolute Gasteiger partial charge is 0.311 e. The van der Waals surface area contributed by atoms with E-state index in [9.17, 15) is 0 Å². The minimum atomic E-state index is 0.202. The predicted octanol–water partition coefficient (Wildman–Crippen LogP) is 11.0. The normalized spacial score (nSPS) is 11.3. The minimum absolute atomic E-state index is 0.202. The van der Waals surface area contributed by atoms with Crippen molar-refractivity contribution < 1.29 is 0 Å². The lowest BCUT2D eigenvalue weighted by atomic mass is 9.78. The molecule has 0 saturated carbocycles. The molecule has 0 aliphatic heterocycles. The molecule has 0 amide bonds. The van der Waals surface area contributed by atoms with Crippen LogP contribution >= 0.6 is 0 Å². The Hall–Kier alpha value is -4.30. The fourth-order valence-corrected chi connectivity index (χ4v) is 5.16. The van der Waals surface area contributed by atoms with Crippen LogP contribution in [0.1, 0.15) is 44.7 Å². The Morgan fingerprint density at radius 1 is 0.436 bits per heavy atom. The Morgan fingerprint density at radius 2 is 0.744 bits per heavy atom. The number of aryl methyl sites for hydroxylation is 1. The van der Waals surface area contributed by atoms with Gasteiger partial charge in [0, 0.05) is 34.1 Å². The molecule has 0 atom stereocenters. The van der Waals surface area contributed by atoms with Crippen LogP contribution in [0.25, 0.3) is 0 Å². The summed E-state index contributed by atoms with van der Waals surface area (Å²) in [6, 6.07) is 47.9. The molecule has 5 rings (SSSR count). The van der Waals surface area contributed by atoms with Crippen LogP contribution in [0, 0.1) is 6.92 Å². The lowest BCUT2D eigenvalue weighted by Crippen LogP contribution is -2.19. The molecule has 0 fully saturated rings. The monoisotopic (exact) mass is 510 g/mol. The summed E-state index contributed by atoms with van der Waals surface area (Å²) in [6.45, 7) is 9.07. The highest BCUT2D eigenvalue weighted by Crippen LogP contribution is 2.40. The molecule has 0 N–H and O–H groups in total. The van der Waals surface area contributed by atoms with E-state index in [4.69, 9.17) is 0 Å². The highest BCUT2D eigenvalue weighted by Gasteiger charge is 2.23. The number of para-hydroxylation sites is 2. The Labute approximate surface area is 234 Å². The van der Waals surface area contributed by atoms with Crippen molar-refractivity contribution in [1.29, 1.82) is 0 Å². The Balaban J connectivity index is 1.55. The lowest BCUT2D eigenvalue weighted by Gasteiger charge is -2.30. The molecule has 2 heteroatoms. The zero-order valence-corrected chi connectivity index (χ0v) is 23.5. The maximum atomic E-state index is 2.36. The van der Waals surface area contributed by atoms with Gasteiger partial charge in [-0.2, -0.15) is 0 Å². The van der Waals surface area contributed by atoms with Crippen molar-refractivity contribution in [1.82, 2.24) is 0 Å². The quantitative estimate of drug-likeness (QED) is 0.194. The van der Waals surface area contributed by atoms with Crippen LogP contribution in [-0.2, 0) is 5.41 Å². The summed E-state index contributed by atoms with van der Waals surface area (Å²) in [7, 11) is 0. The van der Waals surface area contributed by atoms with E-state index in [1.807, 2.05) is 0 Å². The molecular weight excluding hydrogens is 472 g/mol. The van der Waals surface area contributed by atoms with Crippen molar-refractivity contribution in [2.75, 3.05) is 9.80 Å². The Bertz CT molecular complexity index is 1410. The van der Waals surface area contributed by atoms with Crippen molar-refractivity contribution in [3.8, 4) is 0 Å². The molecule has 5 aromatic rings. The van der Waals surface area contributed by atoms with E-state index in [0.29, 0.717) is 0 Å².